The van der Waals surface area contributed by atoms with Crippen molar-refractivity contribution < 1.29 is 58.5 Å². The largest absolute Gasteiger partial charge is 0.465 e. The molecule has 2 aliphatic heterocycles. The van der Waals surface area contributed by atoms with Crippen molar-refractivity contribution in [3.8, 4) is 0 Å². The molecule has 48 heavy (non-hydrogen) atoms. The fraction of sp³-hybridized carbons (Fsp3) is 0.861. The normalized spacial score (nSPS) is 37.8. The third-order valence-corrected chi connectivity index (χ3v) is 9.80. The van der Waals surface area contributed by atoms with Crippen molar-refractivity contribution >= 4 is 17.9 Å². The lowest BCUT2D eigenvalue weighted by molar-refractivity contribution is -0.254. The van der Waals surface area contributed by atoms with E-state index in [1.165, 1.54) is 13.8 Å². The highest BCUT2D eigenvalue weighted by atomic mass is 16.6. The highest BCUT2D eigenvalue weighted by Crippen LogP contribution is 2.37. The highest BCUT2D eigenvalue weighted by molar-refractivity contribution is 5.69. The summed E-state index contributed by atoms with van der Waals surface area (Å²) in [5.74, 6) is -2.88. The summed E-state index contributed by atoms with van der Waals surface area (Å²) in [6, 6.07) is 0. The van der Waals surface area contributed by atoms with Crippen LogP contribution < -0.4 is 0 Å². The fourth-order valence-electron chi connectivity index (χ4n) is 7.04. The SMILES string of the molecule is CC(=O)OCC1C[C@H]2OC(C)CCCCCC/C=C\CCCCCCCC(=O)O[C@@H]3C(COC(C)=O)C[C@@H](O[C@H]2C(O)[C@@H]1O)[C@@H](O)C3O. The Balaban J connectivity index is 1.81. The van der Waals surface area contributed by atoms with Crippen molar-refractivity contribution in [2.75, 3.05) is 13.2 Å². The molecule has 0 aromatic rings. The van der Waals surface area contributed by atoms with Gasteiger partial charge in [0.15, 0.2) is 0 Å². The van der Waals surface area contributed by atoms with Crippen LogP contribution in [0.5, 0.6) is 0 Å². The lowest BCUT2D eigenvalue weighted by atomic mass is 9.78. The molecule has 12 heteroatoms. The van der Waals surface area contributed by atoms with Gasteiger partial charge in [0.2, 0.25) is 0 Å². The molecule has 0 saturated heterocycles. The molecule has 0 aromatic carbocycles. The molecule has 0 spiro atoms. The van der Waals surface area contributed by atoms with Crippen molar-refractivity contribution in [1.82, 2.24) is 0 Å². The predicted molar refractivity (Wildman–Crippen MR) is 176 cm³/mol. The van der Waals surface area contributed by atoms with Gasteiger partial charge < -0.3 is 44.1 Å². The van der Waals surface area contributed by atoms with Gasteiger partial charge in [0, 0.05) is 32.1 Å². The number of ether oxygens (including phenoxy) is 5. The average molecular weight is 685 g/mol. The van der Waals surface area contributed by atoms with E-state index in [4.69, 9.17) is 23.7 Å². The van der Waals surface area contributed by atoms with Crippen LogP contribution in [0.15, 0.2) is 12.2 Å². The van der Waals surface area contributed by atoms with Gasteiger partial charge in [-0.2, -0.15) is 0 Å². The smallest absolute Gasteiger partial charge is 0.306 e. The van der Waals surface area contributed by atoms with E-state index in [-0.39, 0.29) is 38.6 Å². The molecule has 5 unspecified atom stereocenters. The van der Waals surface area contributed by atoms with Gasteiger partial charge in [0.1, 0.15) is 30.5 Å². The second-order valence-corrected chi connectivity index (χ2v) is 13.9. The average Bonchev–Trinajstić information content (AvgIpc) is 3.03. The van der Waals surface area contributed by atoms with E-state index < -0.39 is 78.6 Å². The monoisotopic (exact) mass is 684 g/mol. The number of fused-ring (bicyclic) bond motifs is 19. The van der Waals surface area contributed by atoms with E-state index in [1.807, 2.05) is 6.92 Å². The molecule has 2 aliphatic carbocycles. The lowest BCUT2D eigenvalue weighted by Gasteiger charge is -2.47. The Kier molecular flexibility index (Phi) is 17.8. The summed E-state index contributed by atoms with van der Waals surface area (Å²) in [4.78, 5) is 36.0. The molecule has 4 aliphatic rings. The first-order valence-corrected chi connectivity index (χ1v) is 18.1. The predicted octanol–water partition coefficient (Wildman–Crippen LogP) is 3.68. The molecule has 2 fully saturated rings. The van der Waals surface area contributed by atoms with Crippen LogP contribution in [-0.4, -0.2) is 106 Å². The van der Waals surface area contributed by atoms with Gasteiger partial charge >= 0.3 is 17.9 Å². The van der Waals surface area contributed by atoms with E-state index in [1.54, 1.807) is 0 Å². The fourth-order valence-corrected chi connectivity index (χ4v) is 7.04. The molecular weight excluding hydrogens is 624 g/mol. The topological polar surface area (TPSA) is 178 Å². The third kappa shape index (κ3) is 13.3. The zero-order chi connectivity index (χ0) is 35.1. The molecular formula is C36H60O12. The van der Waals surface area contributed by atoms with Gasteiger partial charge in [-0.1, -0.05) is 50.7 Å². The summed E-state index contributed by atoms with van der Waals surface area (Å²) in [5.41, 5.74) is 0. The van der Waals surface area contributed by atoms with E-state index in [0.29, 0.717) is 6.42 Å². The minimum Gasteiger partial charge on any atom is -0.465 e. The van der Waals surface area contributed by atoms with Gasteiger partial charge in [-0.3, -0.25) is 14.4 Å². The van der Waals surface area contributed by atoms with Gasteiger partial charge in [-0.25, -0.2) is 0 Å². The summed E-state index contributed by atoms with van der Waals surface area (Å²) >= 11 is 0. The number of esters is 3. The number of carbonyl (C=O) groups excluding carboxylic acids is 3. The summed E-state index contributed by atoms with van der Waals surface area (Å²) in [6.45, 7) is 4.18. The van der Waals surface area contributed by atoms with Crippen LogP contribution >= 0.6 is 0 Å². The quantitative estimate of drug-likeness (QED) is 0.192. The zero-order valence-electron chi connectivity index (χ0n) is 29.1. The molecule has 12 nitrogen and oxygen atoms in total. The summed E-state index contributed by atoms with van der Waals surface area (Å²) < 4.78 is 28.8. The van der Waals surface area contributed by atoms with Gasteiger partial charge in [-0.15, -0.1) is 0 Å². The maximum absolute atomic E-state index is 12.8. The van der Waals surface area contributed by atoms with Crippen LogP contribution in [0.4, 0.5) is 0 Å². The lowest BCUT2D eigenvalue weighted by Crippen LogP contribution is -2.62. The molecule has 11 atom stereocenters. The number of rotatable bonds is 4. The number of carbonyl (C=O) groups is 3. The second-order valence-electron chi connectivity index (χ2n) is 13.9. The number of aliphatic hydroxyl groups excluding tert-OH is 4. The van der Waals surface area contributed by atoms with Crippen LogP contribution in [0, 0.1) is 11.8 Å². The van der Waals surface area contributed by atoms with E-state index >= 15 is 0 Å². The van der Waals surface area contributed by atoms with Crippen molar-refractivity contribution in [3.63, 3.8) is 0 Å². The second kappa shape index (κ2) is 21.2. The number of hydrogen-bond donors (Lipinski definition) is 4. The minimum atomic E-state index is -1.56. The van der Waals surface area contributed by atoms with Crippen LogP contribution in [0.3, 0.4) is 0 Å². The van der Waals surface area contributed by atoms with Gasteiger partial charge in [0.25, 0.3) is 0 Å². The van der Waals surface area contributed by atoms with Crippen LogP contribution in [0.2, 0.25) is 0 Å². The Morgan fingerprint density at radius 3 is 1.88 bits per heavy atom. The molecule has 2 bridgehead atoms. The van der Waals surface area contributed by atoms with Crippen molar-refractivity contribution in [2.24, 2.45) is 11.8 Å². The standard InChI is InChI=1S/C36H60O12/c1-23-17-15-13-11-9-7-5-4-6-8-10-12-14-16-18-30(39)48-35-27(22-45-25(3)38)20-28(32(41)34(35)43)47-36-29(46-23)19-26(21-44-24(2)37)31(40)33(36)42/h4-5,23,26-29,31-36,40-43H,6-22H2,1-3H3/b5-4-/t23?,26?,27?,28-,29-,31-,32-,33?,34?,35-,36-/m1/s1. The highest BCUT2D eigenvalue weighted by Gasteiger charge is 2.51. The van der Waals surface area contributed by atoms with E-state index in [9.17, 15) is 34.8 Å². The molecule has 4 N–H and O–H groups in total. The number of aliphatic hydroxyl groups is 4. The van der Waals surface area contributed by atoms with Crippen LogP contribution in [0.1, 0.15) is 117 Å². The minimum absolute atomic E-state index is 0.0381. The molecule has 0 amide bonds. The van der Waals surface area contributed by atoms with Crippen LogP contribution in [-0.2, 0) is 38.1 Å². The summed E-state index contributed by atoms with van der Waals surface area (Å²) in [6.07, 6.45) is 6.70. The Bertz CT molecular complexity index is 1000. The van der Waals surface area contributed by atoms with E-state index in [2.05, 4.69) is 12.2 Å². The van der Waals surface area contributed by atoms with Crippen molar-refractivity contribution in [1.29, 1.82) is 0 Å². The summed E-state index contributed by atoms with van der Waals surface area (Å²) in [5, 5.41) is 44.8. The first-order valence-electron chi connectivity index (χ1n) is 18.1. The molecule has 0 aromatic heterocycles. The Morgan fingerprint density at radius 2 is 1.23 bits per heavy atom. The zero-order valence-corrected chi connectivity index (χ0v) is 29.1. The maximum Gasteiger partial charge on any atom is 0.306 e. The first-order chi connectivity index (χ1) is 23.0. The Hall–Kier alpha value is -2.09. The Labute approximate surface area is 285 Å². The molecule has 4 rings (SSSR count). The maximum atomic E-state index is 12.8. The van der Waals surface area contributed by atoms with Gasteiger partial charge in [0.05, 0.1) is 37.6 Å². The first kappa shape index (κ1) is 40.3. The summed E-state index contributed by atoms with van der Waals surface area (Å²) in [7, 11) is 0. The third-order valence-electron chi connectivity index (χ3n) is 9.80. The van der Waals surface area contributed by atoms with E-state index in [0.717, 1.165) is 70.6 Å². The molecule has 2 saturated carbocycles. The number of hydrogen-bond acceptors (Lipinski definition) is 12. The molecule has 276 valence electrons. The van der Waals surface area contributed by atoms with Crippen molar-refractivity contribution in [2.45, 2.75) is 172 Å². The molecule has 0 radical (unpaired) electrons. The Morgan fingerprint density at radius 1 is 0.688 bits per heavy atom. The van der Waals surface area contributed by atoms with Gasteiger partial charge in [-0.05, 0) is 58.3 Å². The molecule has 2 heterocycles. The van der Waals surface area contributed by atoms with Crippen LogP contribution in [0.25, 0.3) is 0 Å². The van der Waals surface area contributed by atoms with Crippen molar-refractivity contribution in [3.05, 3.63) is 12.2 Å². The number of allylic oxidation sites excluding steroid dienone is 2.